The van der Waals surface area contributed by atoms with Crippen molar-refractivity contribution in [1.82, 2.24) is 29.3 Å². The summed E-state index contributed by atoms with van der Waals surface area (Å²) in [5.41, 5.74) is 10.4. The minimum Gasteiger partial charge on any atom is -0.399 e. The van der Waals surface area contributed by atoms with Crippen molar-refractivity contribution < 1.29 is 17.2 Å². The largest absolute Gasteiger partial charge is 0.399 e. The number of nitrogens with zero attached hydrogens (tertiary/aromatic N) is 3. The number of imide groups is 2. The van der Waals surface area contributed by atoms with E-state index in [9.17, 15) is 33.6 Å². The first-order chi connectivity index (χ1) is 21.9. The Labute approximate surface area is 277 Å². The van der Waals surface area contributed by atoms with Crippen molar-refractivity contribution in [2.45, 2.75) is 34.1 Å². The fourth-order valence-corrected chi connectivity index (χ4v) is 3.68. The van der Waals surface area contributed by atoms with Gasteiger partial charge in [0.15, 0.2) is 0 Å². The Morgan fingerprint density at radius 2 is 1.26 bits per heavy atom. The van der Waals surface area contributed by atoms with Gasteiger partial charge in [0.2, 0.25) is 11.8 Å². The molecule has 1 saturated heterocycles. The monoisotopic (exact) mass is 674 g/mol. The van der Waals surface area contributed by atoms with E-state index in [1.54, 1.807) is 0 Å². The zero-order valence-electron chi connectivity index (χ0n) is 27.0. The molecular weight excluding hydrogens is 632 g/mol. The second kappa shape index (κ2) is 16.6. The molecule has 0 unspecified atom stereocenters. The normalized spacial score (nSPS) is 12.0. The van der Waals surface area contributed by atoms with Crippen molar-refractivity contribution in [2.75, 3.05) is 18.1 Å². The number of urea groups is 1. The molecule has 6 N–H and O–H groups in total. The number of hydrogen-bond acceptors (Lipinski definition) is 9. The number of barbiturate groups is 1. The number of aromatic amines is 2. The molecule has 0 saturated carbocycles. The van der Waals surface area contributed by atoms with E-state index in [2.05, 4.69) is 29.1 Å². The van der Waals surface area contributed by atoms with Gasteiger partial charge in [-0.05, 0) is 74.2 Å². The van der Waals surface area contributed by atoms with Crippen molar-refractivity contribution in [3.8, 4) is 0 Å². The number of nitrogens with one attached hydrogen (secondary N) is 4. The number of carbonyl (C=O) groups excluding carboxylic acids is 3. The van der Waals surface area contributed by atoms with Gasteiger partial charge in [-0.1, -0.05) is 23.7 Å². The maximum Gasteiger partial charge on any atom is 0.330 e. The van der Waals surface area contributed by atoms with Crippen LogP contribution in [-0.4, -0.2) is 48.9 Å². The van der Waals surface area contributed by atoms with E-state index in [-0.39, 0.29) is 20.0 Å². The van der Waals surface area contributed by atoms with E-state index in [0.717, 1.165) is 37.0 Å². The SMILES string of the molecule is CN1C(=O)CC(=O)NC1=O.Cc1ccc(N)cc1C.Cc1ccc(Nc2cc(=O)n(C)c(=O)[nH]2)cc1C.Cn1c(=O)cc(Cl)[nH]c1=O.[2HH].[2HH]. The topological polar surface area (TPSA) is 214 Å². The summed E-state index contributed by atoms with van der Waals surface area (Å²) in [5.74, 6) is -0.604. The number of benzene rings is 2. The maximum atomic E-state index is 11.5. The Hall–Kier alpha value is -5.70. The minimum atomic E-state index is -0.652. The van der Waals surface area contributed by atoms with Gasteiger partial charge >= 0.3 is 17.4 Å². The van der Waals surface area contributed by atoms with Gasteiger partial charge in [0, 0.05) is 47.5 Å². The predicted molar refractivity (Wildman–Crippen MR) is 184 cm³/mol. The fraction of sp³-hybridized carbons (Fsp3) is 0.258. The standard InChI is InChI=1S/C13H15N3O2.C8H11N.C5H5ClN2O2.C5H6N2O3.2H2/c1-8-4-5-10(6-9(8)2)14-11-7-12(17)16(3)13(18)15-11;1-6-3-4-8(9)5-7(6)2;1-8-4(9)2-3(6)7-5(8)10;1-7-4(9)2-3(8)6-5(7)10;;/h4-7,14H,1-3H3,(H,15,18);3-5H,9H2,1-2H3;2H,1H3,(H,7,10);2H2,1H3,(H,6,8,10);2*1H/i;;;;2*1+1. The van der Waals surface area contributed by atoms with Gasteiger partial charge in [0.1, 0.15) is 17.4 Å². The van der Waals surface area contributed by atoms with Crippen LogP contribution in [0.15, 0.2) is 67.7 Å². The molecule has 0 bridgehead atoms. The highest BCUT2D eigenvalue weighted by molar-refractivity contribution is 6.29. The Morgan fingerprint density at radius 1 is 0.723 bits per heavy atom. The van der Waals surface area contributed by atoms with Crippen molar-refractivity contribution in [2.24, 2.45) is 14.1 Å². The molecule has 0 atom stereocenters. The third-order valence-corrected chi connectivity index (χ3v) is 7.01. The molecule has 2 aromatic carbocycles. The average molecular weight is 675 g/mol. The minimum absolute atomic E-state index is 0. The van der Waals surface area contributed by atoms with Crippen molar-refractivity contribution >= 4 is 46.6 Å². The molecule has 15 nitrogen and oxygen atoms in total. The maximum absolute atomic E-state index is 11.5. The Balaban J connectivity index is 0.000000648. The van der Waals surface area contributed by atoms with Crippen LogP contribution in [0.1, 0.15) is 31.5 Å². The van der Waals surface area contributed by atoms with Gasteiger partial charge in [-0.2, -0.15) is 0 Å². The first-order valence-corrected chi connectivity index (χ1v) is 14.3. The van der Waals surface area contributed by atoms with E-state index < -0.39 is 34.8 Å². The molecule has 4 amide bonds. The van der Waals surface area contributed by atoms with E-state index in [0.29, 0.717) is 5.82 Å². The van der Waals surface area contributed by atoms with Crippen molar-refractivity contribution in [3.05, 3.63) is 118 Å². The van der Waals surface area contributed by atoms with Crippen LogP contribution in [0.25, 0.3) is 0 Å². The number of carbonyl (C=O) groups is 3. The van der Waals surface area contributed by atoms with Gasteiger partial charge in [-0.3, -0.25) is 48.5 Å². The van der Waals surface area contributed by atoms with Gasteiger partial charge in [0.25, 0.3) is 11.1 Å². The van der Waals surface area contributed by atoms with Crippen LogP contribution in [0.4, 0.5) is 22.0 Å². The lowest BCUT2D eigenvalue weighted by Crippen LogP contribution is -2.50. The fourth-order valence-electron chi connectivity index (χ4n) is 3.51. The van der Waals surface area contributed by atoms with Crippen molar-refractivity contribution in [3.63, 3.8) is 0 Å². The summed E-state index contributed by atoms with van der Waals surface area (Å²) >= 11 is 5.35. The van der Waals surface area contributed by atoms with Gasteiger partial charge in [-0.25, -0.2) is 14.4 Å². The number of H-pyrrole nitrogens is 2. The summed E-state index contributed by atoms with van der Waals surface area (Å²) < 4.78 is 1.96. The van der Waals surface area contributed by atoms with Crippen LogP contribution in [0, 0.1) is 27.7 Å². The molecule has 1 fully saturated rings. The highest BCUT2D eigenvalue weighted by atomic mass is 35.5. The molecule has 0 spiro atoms. The van der Waals surface area contributed by atoms with Gasteiger partial charge in [-0.15, -0.1) is 0 Å². The highest BCUT2D eigenvalue weighted by Gasteiger charge is 2.26. The molecular formula is C31H41ClN8O7. The summed E-state index contributed by atoms with van der Waals surface area (Å²) in [6.07, 6.45) is -0.234. The van der Waals surface area contributed by atoms with Crippen molar-refractivity contribution in [1.29, 1.82) is 0 Å². The Morgan fingerprint density at radius 3 is 1.74 bits per heavy atom. The predicted octanol–water partition coefficient (Wildman–Crippen LogP) is 2.62. The van der Waals surface area contributed by atoms with Crippen LogP contribution < -0.4 is 38.9 Å². The average Bonchev–Trinajstić information content (AvgIpc) is 2.98. The van der Waals surface area contributed by atoms with Crippen LogP contribution in [0.2, 0.25) is 5.15 Å². The van der Waals surface area contributed by atoms with Crippen LogP contribution in [0.3, 0.4) is 0 Å². The number of aryl methyl sites for hydroxylation is 4. The summed E-state index contributed by atoms with van der Waals surface area (Å²) in [6, 6.07) is 13.6. The van der Waals surface area contributed by atoms with E-state index >= 15 is 0 Å². The third kappa shape index (κ3) is 11.3. The van der Waals surface area contributed by atoms with E-state index in [4.69, 9.17) is 17.3 Å². The second-order valence-corrected chi connectivity index (χ2v) is 10.9. The van der Waals surface area contributed by atoms with E-state index in [1.165, 1.54) is 43.9 Å². The molecule has 254 valence electrons. The Kier molecular flexibility index (Phi) is 13.2. The molecule has 0 aliphatic carbocycles. The molecule has 47 heavy (non-hydrogen) atoms. The molecule has 5 rings (SSSR count). The quantitative estimate of drug-likeness (QED) is 0.120. The van der Waals surface area contributed by atoms with E-state index in [1.807, 2.05) is 55.6 Å². The summed E-state index contributed by atoms with van der Waals surface area (Å²) in [6.45, 7) is 8.17. The molecule has 1 aliphatic heterocycles. The third-order valence-electron chi connectivity index (χ3n) is 6.81. The van der Waals surface area contributed by atoms with Crippen LogP contribution in [-0.2, 0) is 23.7 Å². The zero-order chi connectivity index (χ0) is 35.6. The smallest absolute Gasteiger partial charge is 0.330 e. The van der Waals surface area contributed by atoms with Gasteiger partial charge in [0.05, 0.1) is 0 Å². The summed E-state index contributed by atoms with van der Waals surface area (Å²) in [5, 5.41) is 5.06. The summed E-state index contributed by atoms with van der Waals surface area (Å²) in [4.78, 5) is 81.7. The molecule has 3 heterocycles. The number of aromatic nitrogens is 4. The van der Waals surface area contributed by atoms with Crippen LogP contribution in [0.5, 0.6) is 0 Å². The second-order valence-electron chi connectivity index (χ2n) is 10.5. The number of halogens is 1. The molecule has 0 radical (unpaired) electrons. The molecule has 4 aromatic rings. The number of amides is 4. The lowest BCUT2D eigenvalue weighted by atomic mass is 10.1. The molecule has 1 aliphatic rings. The number of nitrogen functional groups attached to an aromatic ring is 1. The van der Waals surface area contributed by atoms with Crippen LogP contribution >= 0.6 is 11.6 Å². The summed E-state index contributed by atoms with van der Waals surface area (Å²) in [7, 11) is 4.13. The number of hydrogen-bond donors (Lipinski definition) is 5. The first kappa shape index (κ1) is 37.5. The highest BCUT2D eigenvalue weighted by Crippen LogP contribution is 2.17. The molecule has 16 heteroatoms. The Bertz CT molecular complexity index is 1960. The lowest BCUT2D eigenvalue weighted by molar-refractivity contribution is -0.135. The number of nitrogens with two attached hydrogens (primary N) is 1. The zero-order valence-corrected chi connectivity index (χ0v) is 27.7. The number of anilines is 3. The number of rotatable bonds is 2. The van der Waals surface area contributed by atoms with Gasteiger partial charge < -0.3 is 11.1 Å². The molecule has 2 aromatic heterocycles. The first-order valence-electron chi connectivity index (χ1n) is 13.9. The lowest BCUT2D eigenvalue weighted by Gasteiger charge is -2.19.